The molecule has 16 heteroatoms. The van der Waals surface area contributed by atoms with Gasteiger partial charge in [-0.15, -0.1) is 0 Å². The molecule has 0 bridgehead atoms. The van der Waals surface area contributed by atoms with E-state index >= 15 is 0 Å². The molecular formula is C34H45F3N12O. The van der Waals surface area contributed by atoms with Gasteiger partial charge in [0.2, 0.25) is 0 Å². The van der Waals surface area contributed by atoms with Gasteiger partial charge < -0.3 is 31.6 Å². The number of unbranched alkanes of at least 4 members (excludes halogenated alkanes) is 1. The molecule has 0 spiro atoms. The van der Waals surface area contributed by atoms with E-state index in [1.807, 2.05) is 13.0 Å². The van der Waals surface area contributed by atoms with Gasteiger partial charge in [0, 0.05) is 55.8 Å². The third-order valence-corrected chi connectivity index (χ3v) is 8.28. The molecule has 0 aliphatic heterocycles. The zero-order valence-electron chi connectivity index (χ0n) is 28.4. The number of anilines is 2. The highest BCUT2D eigenvalue weighted by atomic mass is 19.4. The zero-order chi connectivity index (χ0) is 35.5. The molecule has 0 fully saturated rings. The third-order valence-electron chi connectivity index (χ3n) is 8.28. The largest absolute Gasteiger partial charge is 0.435 e. The number of aromatic nitrogens is 7. The van der Waals surface area contributed by atoms with Crippen molar-refractivity contribution in [2.24, 2.45) is 12.8 Å². The molecule has 0 atom stereocenters. The van der Waals surface area contributed by atoms with E-state index in [0.717, 1.165) is 57.4 Å². The maximum Gasteiger partial charge on any atom is 0.435 e. The number of carbonyl (C=O) groups excluding carboxylic acids is 1. The number of carbonyl (C=O) groups is 1. The fraction of sp³-hybridized carbons (Fsp3) is 0.441. The van der Waals surface area contributed by atoms with E-state index < -0.39 is 11.9 Å². The molecule has 50 heavy (non-hydrogen) atoms. The van der Waals surface area contributed by atoms with Gasteiger partial charge in [-0.1, -0.05) is 6.92 Å². The van der Waals surface area contributed by atoms with Gasteiger partial charge in [0.1, 0.15) is 5.82 Å². The molecule has 0 unspecified atom stereocenters. The van der Waals surface area contributed by atoms with E-state index in [0.29, 0.717) is 48.1 Å². The number of fused-ring (bicyclic) bond motifs is 1. The lowest BCUT2D eigenvalue weighted by molar-refractivity contribution is -0.141. The molecule has 5 rings (SSSR count). The summed E-state index contributed by atoms with van der Waals surface area (Å²) in [5, 5.41) is 16.9. The van der Waals surface area contributed by atoms with Gasteiger partial charge >= 0.3 is 6.18 Å². The van der Waals surface area contributed by atoms with Gasteiger partial charge in [-0.05, 0) is 88.6 Å². The Kier molecular flexibility index (Phi) is 12.6. The van der Waals surface area contributed by atoms with E-state index in [1.165, 1.54) is 23.3 Å². The number of imidazole rings is 2. The van der Waals surface area contributed by atoms with Gasteiger partial charge in [-0.2, -0.15) is 18.3 Å². The first-order chi connectivity index (χ1) is 24.2. The monoisotopic (exact) mass is 694 g/mol. The van der Waals surface area contributed by atoms with Crippen molar-refractivity contribution < 1.29 is 18.0 Å². The van der Waals surface area contributed by atoms with E-state index in [9.17, 15) is 18.0 Å². The highest BCUT2D eigenvalue weighted by Gasteiger charge is 2.38. The molecule has 0 aliphatic carbocycles. The maximum absolute atomic E-state index is 14.1. The number of hydrogen-bond acceptors (Lipinski definition) is 9. The number of alkyl halides is 3. The Morgan fingerprint density at radius 2 is 1.68 bits per heavy atom. The van der Waals surface area contributed by atoms with Crippen molar-refractivity contribution in [1.82, 2.24) is 49.7 Å². The van der Waals surface area contributed by atoms with Crippen LogP contribution in [0.15, 0.2) is 55.4 Å². The van der Waals surface area contributed by atoms with Crippen LogP contribution < -0.4 is 27.0 Å². The fourth-order valence-electron chi connectivity index (χ4n) is 5.61. The molecule has 268 valence electrons. The number of benzene rings is 1. The second-order valence-corrected chi connectivity index (χ2v) is 12.0. The van der Waals surface area contributed by atoms with Crippen LogP contribution in [-0.2, 0) is 26.2 Å². The van der Waals surface area contributed by atoms with Crippen molar-refractivity contribution in [3.8, 4) is 11.3 Å². The van der Waals surface area contributed by atoms with Crippen molar-refractivity contribution in [1.29, 1.82) is 0 Å². The summed E-state index contributed by atoms with van der Waals surface area (Å²) in [5.74, 6) is 0.773. The van der Waals surface area contributed by atoms with Crippen LogP contribution in [0.5, 0.6) is 0 Å². The van der Waals surface area contributed by atoms with Crippen LogP contribution in [0.25, 0.3) is 16.9 Å². The van der Waals surface area contributed by atoms with Crippen LogP contribution >= 0.6 is 0 Å². The number of rotatable bonds is 19. The lowest BCUT2D eigenvalue weighted by Gasteiger charge is -2.13. The van der Waals surface area contributed by atoms with Crippen molar-refractivity contribution in [2.75, 3.05) is 44.6 Å². The van der Waals surface area contributed by atoms with Crippen LogP contribution in [0.2, 0.25) is 0 Å². The summed E-state index contributed by atoms with van der Waals surface area (Å²) in [4.78, 5) is 26.0. The summed E-state index contributed by atoms with van der Waals surface area (Å²) in [6.45, 7) is 7.03. The topological polar surface area (TPSA) is 157 Å². The Morgan fingerprint density at radius 1 is 0.940 bits per heavy atom. The molecular weight excluding hydrogens is 649 g/mol. The van der Waals surface area contributed by atoms with Crippen LogP contribution in [0, 0.1) is 0 Å². The second-order valence-electron chi connectivity index (χ2n) is 12.0. The number of aryl methyl sites for hydroxylation is 2. The van der Waals surface area contributed by atoms with E-state index in [2.05, 4.69) is 41.3 Å². The Labute approximate surface area is 288 Å². The molecule has 4 heterocycles. The molecule has 1 aromatic carbocycles. The van der Waals surface area contributed by atoms with Gasteiger partial charge in [-0.25, -0.2) is 15.0 Å². The normalized spacial score (nSPS) is 11.8. The molecule has 0 aliphatic rings. The third kappa shape index (κ3) is 9.25. The standard InChI is InChI=1S/C34H45F3N12O/c1-3-24-20-25(8-9-26(24)33(50)43-15-7-14-40-12-5-4-11-39-13-6-10-38)45-31-32-44-21-28(49(32)19-17-42-31)27-22-48(46-30(27)34(35,36)37)23-29-41-16-18-47(29)2/h8-9,16-22,39-40H,3-7,10-15,23,38H2,1-2H3,(H,42,45)(H,43,50). The average Bonchev–Trinajstić information content (AvgIpc) is 3.84. The molecule has 5 aromatic rings. The van der Waals surface area contributed by atoms with Crippen molar-refractivity contribution in [3.63, 3.8) is 0 Å². The summed E-state index contributed by atoms with van der Waals surface area (Å²) in [5.41, 5.74) is 7.01. The molecule has 1 amide bonds. The predicted molar refractivity (Wildman–Crippen MR) is 186 cm³/mol. The first-order valence-electron chi connectivity index (χ1n) is 16.9. The van der Waals surface area contributed by atoms with Crippen LogP contribution in [-0.4, -0.2) is 78.9 Å². The first kappa shape index (κ1) is 36.5. The van der Waals surface area contributed by atoms with E-state index in [4.69, 9.17) is 5.73 Å². The summed E-state index contributed by atoms with van der Waals surface area (Å²) in [6.07, 6.45) is 9.02. The lowest BCUT2D eigenvalue weighted by Crippen LogP contribution is -2.28. The smallest absolute Gasteiger partial charge is 0.352 e. The predicted octanol–water partition coefficient (Wildman–Crippen LogP) is 4.13. The maximum atomic E-state index is 14.1. The Hall–Kier alpha value is -4.80. The zero-order valence-corrected chi connectivity index (χ0v) is 28.4. The van der Waals surface area contributed by atoms with Crippen LogP contribution in [0.4, 0.5) is 24.7 Å². The van der Waals surface area contributed by atoms with E-state index in [1.54, 1.807) is 46.7 Å². The highest BCUT2D eigenvalue weighted by molar-refractivity contribution is 5.96. The highest BCUT2D eigenvalue weighted by Crippen LogP contribution is 2.37. The average molecular weight is 695 g/mol. The number of nitrogens with two attached hydrogens (primary N) is 1. The van der Waals surface area contributed by atoms with Gasteiger partial charge in [-0.3, -0.25) is 13.9 Å². The number of nitrogens with one attached hydrogen (secondary N) is 4. The minimum absolute atomic E-state index is 0.0672. The molecule has 4 aromatic heterocycles. The second kappa shape index (κ2) is 17.2. The number of halogens is 3. The fourth-order valence-corrected chi connectivity index (χ4v) is 5.61. The SMILES string of the molecule is CCc1cc(Nc2nccn3c(-c4cn(Cc5nccn5C)nc4C(F)(F)F)cnc23)ccc1C(=O)NCCCNCCCCNCCCN. The number of nitrogens with zero attached hydrogens (tertiary/aromatic N) is 7. The molecule has 0 radical (unpaired) electrons. The summed E-state index contributed by atoms with van der Waals surface area (Å²) in [6, 6.07) is 5.41. The number of amides is 1. The van der Waals surface area contributed by atoms with Gasteiger partial charge in [0.15, 0.2) is 17.2 Å². The van der Waals surface area contributed by atoms with Crippen LogP contribution in [0.3, 0.4) is 0 Å². The van der Waals surface area contributed by atoms with Crippen molar-refractivity contribution in [3.05, 3.63) is 78.0 Å². The Balaban J connectivity index is 1.21. The summed E-state index contributed by atoms with van der Waals surface area (Å²) < 4.78 is 46.9. The Bertz CT molecular complexity index is 1840. The molecule has 0 saturated carbocycles. The molecule has 6 N–H and O–H groups in total. The lowest BCUT2D eigenvalue weighted by atomic mass is 10.0. The van der Waals surface area contributed by atoms with Crippen LogP contribution in [0.1, 0.15) is 60.0 Å². The van der Waals surface area contributed by atoms with Gasteiger partial charge in [0.05, 0.1) is 24.0 Å². The van der Waals surface area contributed by atoms with Gasteiger partial charge in [0.25, 0.3) is 5.91 Å². The van der Waals surface area contributed by atoms with Crippen molar-refractivity contribution >= 4 is 23.1 Å². The quantitative estimate of drug-likeness (QED) is 0.0803. The molecule has 13 nitrogen and oxygen atoms in total. The number of hydrogen-bond donors (Lipinski definition) is 5. The summed E-state index contributed by atoms with van der Waals surface area (Å²) in [7, 11) is 1.77. The Morgan fingerprint density at radius 3 is 2.38 bits per heavy atom. The first-order valence-corrected chi connectivity index (χ1v) is 16.9. The van der Waals surface area contributed by atoms with Crippen molar-refractivity contribution in [2.45, 2.75) is 51.7 Å². The molecule has 0 saturated heterocycles. The minimum atomic E-state index is -4.69. The minimum Gasteiger partial charge on any atom is -0.352 e. The summed E-state index contributed by atoms with van der Waals surface area (Å²) >= 11 is 0. The van der Waals surface area contributed by atoms with E-state index in [-0.39, 0.29) is 23.7 Å².